The molecule has 0 saturated heterocycles. The number of hydrogen-bond donors (Lipinski definition) is 2. The third kappa shape index (κ3) is 3.65. The van der Waals surface area contributed by atoms with Crippen LogP contribution in [0.4, 0.5) is 10.8 Å². The Balaban J connectivity index is 2.44. The topological polar surface area (TPSA) is 144 Å². The highest BCUT2D eigenvalue weighted by Gasteiger charge is 2.29. The SMILES string of the molecule is CCOC(=O)c1c(NC(=O)c2n[nH]c([N+](=O)[O-])c2Br)sc(C(C)=O)c1C. The molecule has 0 unspecified atom stereocenters. The molecule has 0 bridgehead atoms. The zero-order chi connectivity index (χ0) is 19.6. The van der Waals surface area contributed by atoms with Crippen molar-refractivity contribution in [3.8, 4) is 0 Å². The molecule has 2 aromatic heterocycles. The van der Waals surface area contributed by atoms with Crippen molar-refractivity contribution in [1.82, 2.24) is 10.2 Å². The molecule has 0 aromatic carbocycles. The van der Waals surface area contributed by atoms with Crippen LogP contribution in [0.2, 0.25) is 0 Å². The summed E-state index contributed by atoms with van der Waals surface area (Å²) in [6.45, 7) is 4.66. The number of amides is 1. The number of esters is 1. The molecule has 1 amide bonds. The number of aromatic amines is 1. The van der Waals surface area contributed by atoms with Crippen LogP contribution in [-0.2, 0) is 4.74 Å². The molecule has 2 N–H and O–H groups in total. The van der Waals surface area contributed by atoms with E-state index in [1.54, 1.807) is 13.8 Å². The smallest absolute Gasteiger partial charge is 0.357 e. The fraction of sp³-hybridized carbons (Fsp3) is 0.286. The van der Waals surface area contributed by atoms with Gasteiger partial charge in [-0.15, -0.1) is 16.4 Å². The van der Waals surface area contributed by atoms with Gasteiger partial charge < -0.3 is 20.2 Å². The number of carbonyl (C=O) groups excluding carboxylic acids is 3. The Morgan fingerprint density at radius 3 is 2.58 bits per heavy atom. The first kappa shape index (κ1) is 19.7. The largest absolute Gasteiger partial charge is 0.462 e. The number of hydrogen-bond acceptors (Lipinski definition) is 8. The van der Waals surface area contributed by atoms with E-state index in [-0.39, 0.29) is 33.1 Å². The fourth-order valence-corrected chi connectivity index (χ4v) is 3.73. The molecule has 0 fully saturated rings. The zero-order valence-corrected chi connectivity index (χ0v) is 16.2. The predicted octanol–water partition coefficient (Wildman–Crippen LogP) is 3.08. The number of ether oxygens (including phenoxy) is 1. The Morgan fingerprint density at radius 2 is 2.08 bits per heavy atom. The number of anilines is 1. The van der Waals surface area contributed by atoms with E-state index in [2.05, 4.69) is 31.4 Å². The van der Waals surface area contributed by atoms with Crippen LogP contribution in [0.25, 0.3) is 0 Å². The van der Waals surface area contributed by atoms with Crippen LogP contribution in [0.15, 0.2) is 4.47 Å². The number of rotatable bonds is 6. The minimum Gasteiger partial charge on any atom is -0.462 e. The Labute approximate surface area is 159 Å². The Hall–Kier alpha value is -2.60. The molecule has 2 heterocycles. The fourth-order valence-electron chi connectivity index (χ4n) is 2.14. The van der Waals surface area contributed by atoms with E-state index in [0.29, 0.717) is 10.4 Å². The summed E-state index contributed by atoms with van der Waals surface area (Å²) in [4.78, 5) is 46.8. The first-order valence-corrected chi connectivity index (χ1v) is 8.80. The van der Waals surface area contributed by atoms with Gasteiger partial charge in [0.2, 0.25) is 0 Å². The van der Waals surface area contributed by atoms with Crippen molar-refractivity contribution in [2.45, 2.75) is 20.8 Å². The number of thiophene rings is 1. The number of Topliss-reactive ketones (excluding diaryl/α,β-unsaturated/α-hetero) is 1. The van der Waals surface area contributed by atoms with E-state index in [0.717, 1.165) is 11.3 Å². The van der Waals surface area contributed by atoms with Crippen molar-refractivity contribution >= 4 is 55.7 Å². The maximum absolute atomic E-state index is 12.4. The summed E-state index contributed by atoms with van der Waals surface area (Å²) in [7, 11) is 0. The number of carbonyl (C=O) groups is 3. The standard InChI is InChI=1S/C14H13BrN4O6S/c1-4-25-14(22)7-5(2)10(6(3)20)26-13(7)16-12(21)9-8(15)11(18-17-9)19(23)24/h4H2,1-3H3,(H,16,21)(H,17,18). The molecule has 26 heavy (non-hydrogen) atoms. The zero-order valence-electron chi connectivity index (χ0n) is 13.8. The van der Waals surface area contributed by atoms with Crippen LogP contribution in [0, 0.1) is 17.0 Å². The lowest BCUT2D eigenvalue weighted by atomic mass is 10.1. The molecule has 0 aliphatic heterocycles. The van der Waals surface area contributed by atoms with Gasteiger partial charge in [0.15, 0.2) is 11.5 Å². The summed E-state index contributed by atoms with van der Waals surface area (Å²) in [5.74, 6) is -2.22. The summed E-state index contributed by atoms with van der Waals surface area (Å²) < 4.78 is 4.85. The first-order chi connectivity index (χ1) is 12.2. The van der Waals surface area contributed by atoms with Gasteiger partial charge in [0.05, 0.1) is 17.0 Å². The highest BCUT2D eigenvalue weighted by molar-refractivity contribution is 9.10. The number of nitrogens with zero attached hydrogens (tertiary/aromatic N) is 2. The van der Waals surface area contributed by atoms with Crippen LogP contribution in [-0.4, -0.2) is 39.4 Å². The Bertz CT molecular complexity index is 919. The molecule has 0 aliphatic rings. The summed E-state index contributed by atoms with van der Waals surface area (Å²) in [6, 6.07) is 0. The summed E-state index contributed by atoms with van der Waals surface area (Å²) in [6.07, 6.45) is 0. The first-order valence-electron chi connectivity index (χ1n) is 7.20. The van der Waals surface area contributed by atoms with Crippen molar-refractivity contribution in [3.63, 3.8) is 0 Å². The Kier molecular flexibility index (Phi) is 5.87. The van der Waals surface area contributed by atoms with Gasteiger partial charge >= 0.3 is 11.8 Å². The van der Waals surface area contributed by atoms with E-state index in [1.165, 1.54) is 6.92 Å². The van der Waals surface area contributed by atoms with Crippen molar-refractivity contribution in [2.24, 2.45) is 0 Å². The number of aromatic nitrogens is 2. The lowest BCUT2D eigenvalue weighted by Crippen LogP contribution is -2.15. The highest BCUT2D eigenvalue weighted by atomic mass is 79.9. The molecule has 0 saturated carbocycles. The molecule has 138 valence electrons. The molecule has 0 aliphatic carbocycles. The van der Waals surface area contributed by atoms with E-state index in [9.17, 15) is 24.5 Å². The average Bonchev–Trinajstić information content (AvgIpc) is 3.08. The van der Waals surface area contributed by atoms with E-state index in [4.69, 9.17) is 4.74 Å². The number of nitro groups is 1. The molecule has 2 rings (SSSR count). The number of halogens is 1. The van der Waals surface area contributed by atoms with Gasteiger partial charge in [-0.25, -0.2) is 4.79 Å². The van der Waals surface area contributed by atoms with Crippen molar-refractivity contribution < 1.29 is 24.0 Å². The maximum Gasteiger partial charge on any atom is 0.357 e. The second kappa shape index (κ2) is 7.74. The average molecular weight is 445 g/mol. The van der Waals surface area contributed by atoms with Crippen LogP contribution in [0.1, 0.15) is 49.9 Å². The Morgan fingerprint density at radius 1 is 1.42 bits per heavy atom. The summed E-state index contributed by atoms with van der Waals surface area (Å²) >= 11 is 3.86. The molecular formula is C14H13BrN4O6S. The monoisotopic (exact) mass is 444 g/mol. The van der Waals surface area contributed by atoms with Gasteiger partial charge in [-0.1, -0.05) is 5.10 Å². The van der Waals surface area contributed by atoms with Crippen LogP contribution < -0.4 is 5.32 Å². The molecule has 12 heteroatoms. The molecular weight excluding hydrogens is 432 g/mol. The molecule has 0 spiro atoms. The lowest BCUT2D eigenvalue weighted by Gasteiger charge is -2.06. The molecule has 10 nitrogen and oxygen atoms in total. The van der Waals surface area contributed by atoms with E-state index in [1.807, 2.05) is 0 Å². The lowest BCUT2D eigenvalue weighted by molar-refractivity contribution is -0.390. The van der Waals surface area contributed by atoms with Gasteiger partial charge in [0, 0.05) is 0 Å². The number of H-pyrrole nitrogens is 1. The van der Waals surface area contributed by atoms with Gasteiger partial charge in [0.1, 0.15) is 9.47 Å². The van der Waals surface area contributed by atoms with Crippen LogP contribution >= 0.6 is 27.3 Å². The summed E-state index contributed by atoms with van der Waals surface area (Å²) in [5, 5.41) is 19.1. The van der Waals surface area contributed by atoms with Crippen molar-refractivity contribution in [2.75, 3.05) is 11.9 Å². The minimum absolute atomic E-state index is 0.0663. The van der Waals surface area contributed by atoms with Crippen LogP contribution in [0.5, 0.6) is 0 Å². The van der Waals surface area contributed by atoms with Gasteiger partial charge in [0.25, 0.3) is 5.91 Å². The normalized spacial score (nSPS) is 10.5. The third-order valence-corrected chi connectivity index (χ3v) is 5.32. The quantitative estimate of drug-likeness (QED) is 0.301. The van der Waals surface area contributed by atoms with Crippen molar-refractivity contribution in [1.29, 1.82) is 0 Å². The van der Waals surface area contributed by atoms with Gasteiger partial charge in [-0.05, 0) is 47.2 Å². The maximum atomic E-state index is 12.4. The summed E-state index contributed by atoms with van der Waals surface area (Å²) in [5.41, 5.74) is 0.196. The highest BCUT2D eigenvalue weighted by Crippen LogP contribution is 2.35. The number of nitrogens with one attached hydrogen (secondary N) is 2. The van der Waals surface area contributed by atoms with E-state index < -0.39 is 22.6 Å². The predicted molar refractivity (Wildman–Crippen MR) is 95.9 cm³/mol. The van der Waals surface area contributed by atoms with Gasteiger partial charge in [-0.2, -0.15) is 0 Å². The third-order valence-electron chi connectivity index (χ3n) is 3.26. The molecule has 2 aromatic rings. The second-order valence-electron chi connectivity index (χ2n) is 4.98. The van der Waals surface area contributed by atoms with Crippen LogP contribution in [0.3, 0.4) is 0 Å². The minimum atomic E-state index is -0.789. The van der Waals surface area contributed by atoms with Gasteiger partial charge in [-0.3, -0.25) is 9.59 Å². The molecule has 0 atom stereocenters. The molecule has 0 radical (unpaired) electrons. The number of ketones is 1. The van der Waals surface area contributed by atoms with Crippen molar-refractivity contribution in [3.05, 3.63) is 36.3 Å². The van der Waals surface area contributed by atoms with E-state index >= 15 is 0 Å². The second-order valence-corrected chi connectivity index (χ2v) is 6.80.